The summed E-state index contributed by atoms with van der Waals surface area (Å²) >= 11 is 0. The first-order chi connectivity index (χ1) is 14.3. The molecule has 0 heterocycles. The van der Waals surface area contributed by atoms with Crippen LogP contribution in [0.5, 0.6) is 17.2 Å². The molecular weight excluding hydrogens is 368 g/mol. The van der Waals surface area contributed by atoms with E-state index in [-0.39, 0.29) is 19.3 Å². The monoisotopic (exact) mass is 394 g/mol. The Morgan fingerprint density at radius 3 is 1.31 bits per heavy atom. The van der Waals surface area contributed by atoms with Crippen LogP contribution in [0.4, 0.5) is 0 Å². The van der Waals surface area contributed by atoms with Gasteiger partial charge in [-0.3, -0.25) is 0 Å². The second-order valence-corrected chi connectivity index (χ2v) is 6.48. The molecule has 0 amide bonds. The van der Waals surface area contributed by atoms with Gasteiger partial charge in [0.25, 0.3) is 0 Å². The second kappa shape index (κ2) is 11.7. The molecule has 1 unspecified atom stereocenters. The average molecular weight is 394 g/mol. The molecule has 0 aliphatic carbocycles. The van der Waals surface area contributed by atoms with Crippen LogP contribution in [0.3, 0.4) is 0 Å². The first-order valence-electron chi connectivity index (χ1n) is 9.63. The van der Waals surface area contributed by atoms with E-state index in [0.29, 0.717) is 19.0 Å². The fourth-order valence-electron chi connectivity index (χ4n) is 2.56. The molecule has 3 aromatic rings. The number of benzene rings is 3. The van der Waals surface area contributed by atoms with Crippen molar-refractivity contribution in [3.63, 3.8) is 0 Å². The highest BCUT2D eigenvalue weighted by Gasteiger charge is 2.15. The Balaban J connectivity index is 1.47. The van der Waals surface area contributed by atoms with Crippen molar-refractivity contribution >= 4 is 0 Å². The maximum Gasteiger partial charge on any atom is 0.125 e. The number of rotatable bonds is 12. The van der Waals surface area contributed by atoms with Gasteiger partial charge < -0.3 is 24.1 Å². The molecule has 0 saturated heterocycles. The summed E-state index contributed by atoms with van der Waals surface area (Å²) in [5, 5.41) is 10.2. The standard InChI is InChI=1S/C24H26O5/c25-20(16-26-21-10-4-1-5-11-21)17-27-24(18-28-22-12-6-2-7-13-22)19-29-23-14-8-3-9-15-23/h1-15,20,24-25H,16-19H2. The van der Waals surface area contributed by atoms with Crippen LogP contribution in [0.2, 0.25) is 0 Å². The molecular formula is C24H26O5. The van der Waals surface area contributed by atoms with Gasteiger partial charge in [-0.2, -0.15) is 0 Å². The Morgan fingerprint density at radius 1 is 0.517 bits per heavy atom. The largest absolute Gasteiger partial charge is 0.491 e. The highest BCUT2D eigenvalue weighted by atomic mass is 16.6. The number of hydrogen-bond acceptors (Lipinski definition) is 5. The SMILES string of the molecule is OC(COc1ccccc1)COC(COc1ccccc1)COc1ccccc1. The lowest BCUT2D eigenvalue weighted by Gasteiger charge is -2.21. The Bertz CT molecular complexity index is 752. The topological polar surface area (TPSA) is 57.2 Å². The molecule has 3 aromatic carbocycles. The van der Waals surface area contributed by atoms with Gasteiger partial charge in [-0.15, -0.1) is 0 Å². The van der Waals surface area contributed by atoms with Crippen molar-refractivity contribution in [3.8, 4) is 17.2 Å². The van der Waals surface area contributed by atoms with E-state index in [1.54, 1.807) is 0 Å². The summed E-state index contributed by atoms with van der Waals surface area (Å²) in [6.45, 7) is 0.885. The molecule has 0 aliphatic rings. The summed E-state index contributed by atoms with van der Waals surface area (Å²) in [7, 11) is 0. The molecule has 0 aliphatic heterocycles. The van der Waals surface area contributed by atoms with Crippen LogP contribution in [0.1, 0.15) is 0 Å². The maximum atomic E-state index is 10.2. The number of aliphatic hydroxyl groups excluding tert-OH is 1. The van der Waals surface area contributed by atoms with Crippen molar-refractivity contribution in [1.29, 1.82) is 0 Å². The van der Waals surface area contributed by atoms with E-state index in [1.807, 2.05) is 91.0 Å². The maximum absolute atomic E-state index is 10.2. The van der Waals surface area contributed by atoms with Crippen molar-refractivity contribution in [3.05, 3.63) is 91.0 Å². The van der Waals surface area contributed by atoms with E-state index in [9.17, 15) is 5.11 Å². The van der Waals surface area contributed by atoms with Gasteiger partial charge in [-0.05, 0) is 36.4 Å². The van der Waals surface area contributed by atoms with Crippen molar-refractivity contribution in [2.24, 2.45) is 0 Å². The highest BCUT2D eigenvalue weighted by Crippen LogP contribution is 2.13. The van der Waals surface area contributed by atoms with E-state index in [4.69, 9.17) is 18.9 Å². The van der Waals surface area contributed by atoms with Crippen molar-refractivity contribution in [1.82, 2.24) is 0 Å². The fraction of sp³-hybridized carbons (Fsp3) is 0.250. The zero-order valence-corrected chi connectivity index (χ0v) is 16.2. The summed E-state index contributed by atoms with van der Waals surface area (Å²) in [6, 6.07) is 28.4. The van der Waals surface area contributed by atoms with E-state index < -0.39 is 6.10 Å². The lowest BCUT2D eigenvalue weighted by molar-refractivity contribution is -0.0538. The molecule has 1 atom stereocenters. The molecule has 0 aromatic heterocycles. The predicted octanol–water partition coefficient (Wildman–Crippen LogP) is 3.97. The van der Waals surface area contributed by atoms with Crippen LogP contribution in [0.25, 0.3) is 0 Å². The third-order valence-electron chi connectivity index (χ3n) is 4.07. The van der Waals surface area contributed by atoms with Gasteiger partial charge in [-0.25, -0.2) is 0 Å². The van der Waals surface area contributed by atoms with Crippen LogP contribution in [-0.4, -0.2) is 43.7 Å². The molecule has 152 valence electrons. The minimum absolute atomic E-state index is 0.119. The number of aliphatic hydroxyl groups is 1. The lowest BCUT2D eigenvalue weighted by Crippen LogP contribution is -2.33. The first kappa shape index (κ1) is 20.7. The van der Waals surface area contributed by atoms with E-state index in [2.05, 4.69) is 0 Å². The third kappa shape index (κ3) is 7.86. The molecule has 0 bridgehead atoms. The average Bonchev–Trinajstić information content (AvgIpc) is 2.79. The molecule has 3 rings (SSSR count). The van der Waals surface area contributed by atoms with Crippen molar-refractivity contribution < 1.29 is 24.1 Å². The van der Waals surface area contributed by atoms with Crippen LogP contribution < -0.4 is 14.2 Å². The lowest BCUT2D eigenvalue weighted by atomic mass is 10.3. The van der Waals surface area contributed by atoms with Crippen molar-refractivity contribution in [2.75, 3.05) is 26.4 Å². The van der Waals surface area contributed by atoms with Gasteiger partial charge in [0.05, 0.1) is 6.61 Å². The molecule has 5 heteroatoms. The molecule has 0 fully saturated rings. The molecule has 5 nitrogen and oxygen atoms in total. The Labute approximate surface area is 171 Å². The zero-order chi connectivity index (χ0) is 20.2. The quantitative estimate of drug-likeness (QED) is 0.504. The molecule has 0 radical (unpaired) electrons. The zero-order valence-electron chi connectivity index (χ0n) is 16.2. The smallest absolute Gasteiger partial charge is 0.125 e. The minimum atomic E-state index is -0.758. The summed E-state index contributed by atoms with van der Waals surface area (Å²) in [6.07, 6.45) is -1.10. The van der Waals surface area contributed by atoms with Gasteiger partial charge in [0, 0.05) is 0 Å². The molecule has 0 spiro atoms. The number of ether oxygens (including phenoxy) is 4. The van der Waals surface area contributed by atoms with Gasteiger partial charge in [0.1, 0.15) is 49.3 Å². The second-order valence-electron chi connectivity index (χ2n) is 6.48. The third-order valence-corrected chi connectivity index (χ3v) is 4.07. The Kier molecular flexibility index (Phi) is 8.38. The normalized spacial score (nSPS) is 11.8. The van der Waals surface area contributed by atoms with Crippen LogP contribution in [0.15, 0.2) is 91.0 Å². The van der Waals surface area contributed by atoms with Crippen LogP contribution >= 0.6 is 0 Å². The van der Waals surface area contributed by atoms with E-state index in [1.165, 1.54) is 0 Å². The van der Waals surface area contributed by atoms with Gasteiger partial charge in [0.15, 0.2) is 0 Å². The van der Waals surface area contributed by atoms with E-state index >= 15 is 0 Å². The summed E-state index contributed by atoms with van der Waals surface area (Å²) in [4.78, 5) is 0. The van der Waals surface area contributed by atoms with Gasteiger partial charge >= 0.3 is 0 Å². The van der Waals surface area contributed by atoms with Crippen LogP contribution in [-0.2, 0) is 4.74 Å². The van der Waals surface area contributed by atoms with Crippen molar-refractivity contribution in [2.45, 2.75) is 12.2 Å². The Hall–Kier alpha value is -3.02. The predicted molar refractivity (Wildman–Crippen MR) is 112 cm³/mol. The van der Waals surface area contributed by atoms with Gasteiger partial charge in [-0.1, -0.05) is 54.6 Å². The number of hydrogen-bond donors (Lipinski definition) is 1. The molecule has 0 saturated carbocycles. The van der Waals surface area contributed by atoms with Crippen LogP contribution in [0, 0.1) is 0 Å². The molecule has 29 heavy (non-hydrogen) atoms. The summed E-state index contributed by atoms with van der Waals surface area (Å²) in [5.74, 6) is 2.23. The summed E-state index contributed by atoms with van der Waals surface area (Å²) < 4.78 is 23.0. The first-order valence-corrected chi connectivity index (χ1v) is 9.63. The minimum Gasteiger partial charge on any atom is -0.491 e. The number of para-hydroxylation sites is 3. The Morgan fingerprint density at radius 2 is 0.897 bits per heavy atom. The van der Waals surface area contributed by atoms with Gasteiger partial charge in [0.2, 0.25) is 0 Å². The van der Waals surface area contributed by atoms with E-state index in [0.717, 1.165) is 11.5 Å². The highest BCUT2D eigenvalue weighted by molar-refractivity contribution is 5.22. The molecule has 1 N–H and O–H groups in total. The summed E-state index contributed by atoms with van der Waals surface area (Å²) in [5.41, 5.74) is 0. The fourth-order valence-corrected chi connectivity index (χ4v) is 2.56.